The van der Waals surface area contributed by atoms with Gasteiger partial charge in [0.05, 0.1) is 32.0 Å². The van der Waals surface area contributed by atoms with E-state index in [2.05, 4.69) is 15.6 Å². The van der Waals surface area contributed by atoms with Crippen molar-refractivity contribution in [2.75, 3.05) is 39.2 Å². The summed E-state index contributed by atoms with van der Waals surface area (Å²) in [5, 5.41) is 5.53. The van der Waals surface area contributed by atoms with Crippen LogP contribution in [0, 0.1) is 0 Å². The number of fused-ring (bicyclic) bond motifs is 1. The third kappa shape index (κ3) is 5.17. The van der Waals surface area contributed by atoms with E-state index in [1.165, 1.54) is 26.5 Å². The smallest absolute Gasteiger partial charge is 0.257 e. The van der Waals surface area contributed by atoms with Crippen LogP contribution in [0.15, 0.2) is 47.4 Å². The summed E-state index contributed by atoms with van der Waals surface area (Å²) < 4.78 is 10.7. The topological polar surface area (TPSA) is 130 Å². The standard InChI is InChI=1S/C26H28N4O6/c1-35-21-12-17(26(34)30-10-6-3-7-11-30)20(13-22(21)36-2)29-23(31)15-28-25(33)18-14-27-19-9-5-4-8-16(19)24(18)32/h4-5,8-9,12-14H,3,6-7,10-11,15H2,1-2H3,(H,27,32)(H,28,33)(H,29,31). The summed E-state index contributed by atoms with van der Waals surface area (Å²) in [6.45, 7) is 0.866. The van der Waals surface area contributed by atoms with Gasteiger partial charge in [-0.25, -0.2) is 0 Å². The molecule has 0 aliphatic carbocycles. The fraction of sp³-hybridized carbons (Fsp3) is 0.308. The normalized spacial score (nSPS) is 13.2. The zero-order valence-corrected chi connectivity index (χ0v) is 20.2. The number of H-pyrrole nitrogens is 1. The fourth-order valence-corrected chi connectivity index (χ4v) is 4.21. The average molecular weight is 493 g/mol. The van der Waals surface area contributed by atoms with Gasteiger partial charge in [-0.05, 0) is 37.5 Å². The Morgan fingerprint density at radius 2 is 1.67 bits per heavy atom. The molecule has 0 bridgehead atoms. The first-order chi connectivity index (χ1) is 17.4. The lowest BCUT2D eigenvalue weighted by Crippen LogP contribution is -2.37. The van der Waals surface area contributed by atoms with E-state index < -0.39 is 23.8 Å². The zero-order valence-electron chi connectivity index (χ0n) is 20.2. The minimum Gasteiger partial charge on any atom is -0.493 e. The molecule has 1 aliphatic rings. The molecular formula is C26H28N4O6. The molecule has 0 spiro atoms. The number of likely N-dealkylation sites (tertiary alicyclic amines) is 1. The summed E-state index contributed by atoms with van der Waals surface area (Å²) in [7, 11) is 2.92. The van der Waals surface area contributed by atoms with E-state index in [4.69, 9.17) is 9.47 Å². The quantitative estimate of drug-likeness (QED) is 0.465. The molecule has 10 heteroatoms. The van der Waals surface area contributed by atoms with Gasteiger partial charge in [0.1, 0.15) is 5.56 Å². The van der Waals surface area contributed by atoms with Crippen molar-refractivity contribution in [3.8, 4) is 11.5 Å². The van der Waals surface area contributed by atoms with Crippen LogP contribution in [-0.2, 0) is 4.79 Å². The van der Waals surface area contributed by atoms with Crippen LogP contribution < -0.4 is 25.5 Å². The molecule has 0 saturated carbocycles. The number of nitrogens with zero attached hydrogens (tertiary/aromatic N) is 1. The van der Waals surface area contributed by atoms with E-state index in [-0.39, 0.29) is 22.7 Å². The molecule has 2 aromatic carbocycles. The zero-order chi connectivity index (χ0) is 25.7. The van der Waals surface area contributed by atoms with Crippen molar-refractivity contribution in [3.63, 3.8) is 0 Å². The van der Waals surface area contributed by atoms with Gasteiger partial charge in [-0.2, -0.15) is 0 Å². The minimum atomic E-state index is -0.686. The molecule has 2 heterocycles. The second-order valence-corrected chi connectivity index (χ2v) is 8.41. The maximum atomic E-state index is 13.2. The van der Waals surface area contributed by atoms with Crippen LogP contribution in [0.5, 0.6) is 11.5 Å². The van der Waals surface area contributed by atoms with Crippen molar-refractivity contribution in [3.05, 3.63) is 63.9 Å². The predicted molar refractivity (Wildman–Crippen MR) is 135 cm³/mol. The number of piperidine rings is 1. The lowest BCUT2D eigenvalue weighted by atomic mass is 10.1. The summed E-state index contributed by atoms with van der Waals surface area (Å²) in [5.41, 5.74) is 0.576. The second kappa shape index (κ2) is 10.9. The average Bonchev–Trinajstić information content (AvgIpc) is 2.92. The number of carbonyl (C=O) groups is 3. The maximum absolute atomic E-state index is 13.2. The predicted octanol–water partition coefficient (Wildman–Crippen LogP) is 2.54. The Morgan fingerprint density at radius 3 is 2.39 bits per heavy atom. The molecule has 1 fully saturated rings. The molecular weight excluding hydrogens is 464 g/mol. The van der Waals surface area contributed by atoms with E-state index in [0.717, 1.165) is 19.3 Å². The molecule has 0 unspecified atom stereocenters. The Bertz CT molecular complexity index is 1360. The first kappa shape index (κ1) is 24.8. The van der Waals surface area contributed by atoms with E-state index >= 15 is 0 Å². The van der Waals surface area contributed by atoms with Crippen molar-refractivity contribution in [1.82, 2.24) is 15.2 Å². The van der Waals surface area contributed by atoms with Gasteiger partial charge in [-0.15, -0.1) is 0 Å². The minimum absolute atomic E-state index is 0.103. The second-order valence-electron chi connectivity index (χ2n) is 8.41. The summed E-state index contributed by atoms with van der Waals surface area (Å²) in [6, 6.07) is 9.90. The first-order valence-corrected chi connectivity index (χ1v) is 11.7. The number of methoxy groups -OCH3 is 2. The Morgan fingerprint density at radius 1 is 0.972 bits per heavy atom. The highest BCUT2D eigenvalue weighted by Gasteiger charge is 2.24. The number of pyridine rings is 1. The number of para-hydroxylation sites is 1. The number of carbonyl (C=O) groups excluding carboxylic acids is 3. The van der Waals surface area contributed by atoms with Crippen molar-refractivity contribution in [1.29, 1.82) is 0 Å². The van der Waals surface area contributed by atoms with Gasteiger partial charge in [0.2, 0.25) is 11.3 Å². The number of rotatable bonds is 7. The first-order valence-electron chi connectivity index (χ1n) is 11.7. The molecule has 10 nitrogen and oxygen atoms in total. The van der Waals surface area contributed by atoms with Gasteiger partial charge in [0.25, 0.3) is 11.8 Å². The van der Waals surface area contributed by atoms with Crippen LogP contribution in [0.2, 0.25) is 0 Å². The molecule has 1 aliphatic heterocycles. The lowest BCUT2D eigenvalue weighted by molar-refractivity contribution is -0.115. The Labute approximate surface area is 207 Å². The van der Waals surface area contributed by atoms with Crippen molar-refractivity contribution < 1.29 is 23.9 Å². The largest absolute Gasteiger partial charge is 0.493 e. The Kier molecular flexibility index (Phi) is 7.53. The van der Waals surface area contributed by atoms with Crippen molar-refractivity contribution >= 4 is 34.3 Å². The number of ether oxygens (including phenoxy) is 2. The van der Waals surface area contributed by atoms with Gasteiger partial charge in [-0.3, -0.25) is 19.2 Å². The summed E-state index contributed by atoms with van der Waals surface area (Å²) in [6.07, 6.45) is 4.22. The van der Waals surface area contributed by atoms with E-state index in [1.807, 2.05) is 0 Å². The van der Waals surface area contributed by atoms with Gasteiger partial charge >= 0.3 is 0 Å². The maximum Gasteiger partial charge on any atom is 0.257 e. The molecule has 1 aromatic heterocycles. The summed E-state index contributed by atoms with van der Waals surface area (Å²) in [5.74, 6) is -0.776. The van der Waals surface area contributed by atoms with Gasteiger partial charge < -0.3 is 30.0 Å². The highest BCUT2D eigenvalue weighted by atomic mass is 16.5. The van der Waals surface area contributed by atoms with Crippen LogP contribution in [0.1, 0.15) is 40.0 Å². The van der Waals surface area contributed by atoms with E-state index in [0.29, 0.717) is 35.5 Å². The molecule has 4 rings (SSSR count). The number of amides is 3. The molecule has 0 atom stereocenters. The van der Waals surface area contributed by atoms with Gasteiger partial charge in [-0.1, -0.05) is 12.1 Å². The third-order valence-corrected chi connectivity index (χ3v) is 6.11. The van der Waals surface area contributed by atoms with Crippen LogP contribution in [0.4, 0.5) is 5.69 Å². The molecule has 36 heavy (non-hydrogen) atoms. The van der Waals surface area contributed by atoms with Crippen molar-refractivity contribution in [2.24, 2.45) is 0 Å². The number of hydrogen-bond acceptors (Lipinski definition) is 6. The van der Waals surface area contributed by atoms with E-state index in [9.17, 15) is 19.2 Å². The number of benzene rings is 2. The molecule has 3 aromatic rings. The molecule has 1 saturated heterocycles. The van der Waals surface area contributed by atoms with Crippen LogP contribution in [-0.4, -0.2) is 61.5 Å². The van der Waals surface area contributed by atoms with Crippen LogP contribution >= 0.6 is 0 Å². The van der Waals surface area contributed by atoms with Crippen LogP contribution in [0.25, 0.3) is 10.9 Å². The fourth-order valence-electron chi connectivity index (χ4n) is 4.21. The highest BCUT2D eigenvalue weighted by Crippen LogP contribution is 2.34. The molecule has 0 radical (unpaired) electrons. The number of anilines is 1. The molecule has 3 N–H and O–H groups in total. The number of nitrogens with one attached hydrogen (secondary N) is 3. The number of aromatic nitrogens is 1. The molecule has 3 amide bonds. The van der Waals surface area contributed by atoms with Crippen molar-refractivity contribution in [2.45, 2.75) is 19.3 Å². The summed E-state index contributed by atoms with van der Waals surface area (Å²) in [4.78, 5) is 55.9. The van der Waals surface area contributed by atoms with Gasteiger partial charge in [0, 0.05) is 36.3 Å². The highest BCUT2D eigenvalue weighted by molar-refractivity contribution is 6.06. The Hall–Kier alpha value is -4.34. The van der Waals surface area contributed by atoms with E-state index in [1.54, 1.807) is 35.2 Å². The summed E-state index contributed by atoms with van der Waals surface area (Å²) >= 11 is 0. The lowest BCUT2D eigenvalue weighted by Gasteiger charge is -2.28. The monoisotopic (exact) mass is 492 g/mol. The molecule has 188 valence electrons. The third-order valence-electron chi connectivity index (χ3n) is 6.11. The number of aromatic amines is 1. The van der Waals surface area contributed by atoms with Crippen LogP contribution in [0.3, 0.4) is 0 Å². The Balaban J connectivity index is 1.51. The SMILES string of the molecule is COc1cc(NC(=O)CNC(=O)c2c[nH]c3ccccc3c2=O)c(C(=O)N2CCCCC2)cc1OC. The van der Waals surface area contributed by atoms with Gasteiger partial charge in [0.15, 0.2) is 11.5 Å². The number of hydrogen-bond donors (Lipinski definition) is 3.